The molecular weight excluding hydrogens is 358 g/mol. The summed E-state index contributed by atoms with van der Waals surface area (Å²) in [7, 11) is -3.42. The van der Waals surface area contributed by atoms with Crippen molar-refractivity contribution < 1.29 is 8.42 Å². The molecule has 6 heteroatoms. The summed E-state index contributed by atoms with van der Waals surface area (Å²) in [5.41, 5.74) is 0. The molecule has 0 radical (unpaired) electrons. The minimum Gasteiger partial charge on any atom is -0.211 e. The smallest absolute Gasteiger partial charge is 0.211 e. The Labute approximate surface area is 113 Å². The van der Waals surface area contributed by atoms with E-state index in [0.717, 1.165) is 4.47 Å². The number of hydrogen-bond acceptors (Lipinski definition) is 2. The summed E-state index contributed by atoms with van der Waals surface area (Å²) >= 11 is 6.52. The molecule has 0 aromatic heterocycles. The van der Waals surface area contributed by atoms with Crippen LogP contribution in [0.1, 0.15) is 13.8 Å². The van der Waals surface area contributed by atoms with E-state index in [1.807, 2.05) is 13.8 Å². The van der Waals surface area contributed by atoms with E-state index in [1.54, 1.807) is 18.2 Å². The Morgan fingerprint density at radius 2 is 1.94 bits per heavy atom. The van der Waals surface area contributed by atoms with Crippen LogP contribution in [-0.2, 0) is 10.0 Å². The second-order valence-electron chi connectivity index (χ2n) is 3.82. The van der Waals surface area contributed by atoms with Crippen LogP contribution in [-0.4, -0.2) is 15.0 Å². The van der Waals surface area contributed by atoms with Gasteiger partial charge < -0.3 is 0 Å². The summed E-state index contributed by atoms with van der Waals surface area (Å²) in [6.45, 7) is 4.35. The molecule has 0 spiro atoms. The van der Waals surface area contributed by atoms with Crippen LogP contribution in [0.25, 0.3) is 0 Å². The predicted molar refractivity (Wildman–Crippen MR) is 71.9 cm³/mol. The molecule has 0 fully saturated rings. The van der Waals surface area contributed by atoms with Gasteiger partial charge in [-0.15, -0.1) is 0 Å². The van der Waals surface area contributed by atoms with Crippen LogP contribution in [0, 0.1) is 5.92 Å². The third kappa shape index (κ3) is 3.84. The van der Waals surface area contributed by atoms with Crippen LogP contribution in [0.2, 0.25) is 0 Å². The van der Waals surface area contributed by atoms with Gasteiger partial charge >= 0.3 is 0 Å². The van der Waals surface area contributed by atoms with Crippen LogP contribution in [0.4, 0.5) is 0 Å². The van der Waals surface area contributed by atoms with Crippen molar-refractivity contribution in [3.05, 3.63) is 27.1 Å². The molecule has 1 aromatic rings. The van der Waals surface area contributed by atoms with Crippen LogP contribution >= 0.6 is 31.9 Å². The maximum Gasteiger partial charge on any atom is 0.241 e. The first-order valence-electron chi connectivity index (χ1n) is 4.77. The lowest BCUT2D eigenvalue weighted by molar-refractivity contribution is 0.559. The molecule has 0 aliphatic carbocycles. The molecule has 0 aliphatic rings. The van der Waals surface area contributed by atoms with Gasteiger partial charge in [-0.3, -0.25) is 0 Å². The van der Waals surface area contributed by atoms with Gasteiger partial charge in [-0.05, 0) is 40.0 Å². The molecule has 0 unspecified atom stereocenters. The Kier molecular flexibility index (Phi) is 4.97. The number of nitrogens with one attached hydrogen (secondary N) is 1. The van der Waals surface area contributed by atoms with Crippen molar-refractivity contribution in [2.45, 2.75) is 18.7 Å². The molecule has 1 N–H and O–H groups in total. The number of rotatable bonds is 4. The minimum atomic E-state index is -3.42. The van der Waals surface area contributed by atoms with E-state index in [1.165, 1.54) is 0 Å². The van der Waals surface area contributed by atoms with Crippen molar-refractivity contribution in [3.8, 4) is 0 Å². The highest BCUT2D eigenvalue weighted by molar-refractivity contribution is 9.11. The van der Waals surface area contributed by atoms with E-state index in [9.17, 15) is 8.42 Å². The average molecular weight is 371 g/mol. The van der Waals surface area contributed by atoms with Crippen LogP contribution in [0.3, 0.4) is 0 Å². The van der Waals surface area contributed by atoms with Crippen LogP contribution in [0.15, 0.2) is 32.0 Å². The maximum atomic E-state index is 11.9. The number of sulfonamides is 1. The molecule has 0 heterocycles. The third-order valence-electron chi connectivity index (χ3n) is 1.87. The zero-order valence-corrected chi connectivity index (χ0v) is 13.0. The first-order valence-corrected chi connectivity index (χ1v) is 7.84. The Bertz CT molecular complexity index is 472. The highest BCUT2D eigenvalue weighted by Gasteiger charge is 2.17. The van der Waals surface area contributed by atoms with Gasteiger partial charge in [0.1, 0.15) is 0 Å². The zero-order valence-electron chi connectivity index (χ0n) is 9.00. The Morgan fingerprint density at radius 1 is 1.31 bits per heavy atom. The van der Waals surface area contributed by atoms with Gasteiger partial charge in [-0.25, -0.2) is 13.1 Å². The highest BCUT2D eigenvalue weighted by atomic mass is 79.9. The molecule has 16 heavy (non-hydrogen) atoms. The fraction of sp³-hybridized carbons (Fsp3) is 0.400. The Morgan fingerprint density at radius 3 is 2.44 bits per heavy atom. The summed E-state index contributed by atoms with van der Waals surface area (Å²) in [5.74, 6) is 0.281. The van der Waals surface area contributed by atoms with E-state index < -0.39 is 10.0 Å². The normalized spacial score (nSPS) is 12.1. The van der Waals surface area contributed by atoms with Gasteiger partial charge in [0.05, 0.1) is 4.90 Å². The lowest BCUT2D eigenvalue weighted by atomic mass is 10.2. The molecule has 0 atom stereocenters. The first-order chi connectivity index (χ1) is 7.33. The monoisotopic (exact) mass is 369 g/mol. The molecule has 1 rings (SSSR count). The number of halogens is 2. The van der Waals surface area contributed by atoms with Crippen molar-refractivity contribution in [1.29, 1.82) is 0 Å². The average Bonchev–Trinajstić information content (AvgIpc) is 2.14. The lowest BCUT2D eigenvalue weighted by Gasteiger charge is -2.10. The Hall–Kier alpha value is 0.0900. The van der Waals surface area contributed by atoms with Gasteiger partial charge in [0.25, 0.3) is 0 Å². The molecular formula is C10H13Br2NO2S. The third-order valence-corrected chi connectivity index (χ3v) is 4.76. The van der Waals surface area contributed by atoms with Crippen molar-refractivity contribution in [2.24, 2.45) is 5.92 Å². The van der Waals surface area contributed by atoms with Crippen molar-refractivity contribution >= 4 is 41.9 Å². The minimum absolute atomic E-state index is 0.261. The summed E-state index contributed by atoms with van der Waals surface area (Å²) in [4.78, 5) is 0.261. The number of hydrogen-bond donors (Lipinski definition) is 1. The molecule has 90 valence electrons. The van der Waals surface area contributed by atoms with E-state index >= 15 is 0 Å². The first kappa shape index (κ1) is 14.2. The molecule has 0 saturated carbocycles. The second kappa shape index (κ2) is 5.62. The molecule has 0 amide bonds. The van der Waals surface area contributed by atoms with E-state index in [2.05, 4.69) is 36.6 Å². The predicted octanol–water partition coefficient (Wildman–Crippen LogP) is 3.15. The van der Waals surface area contributed by atoms with Gasteiger partial charge in [0, 0.05) is 15.5 Å². The fourth-order valence-electron chi connectivity index (χ4n) is 1.05. The quantitative estimate of drug-likeness (QED) is 0.884. The molecule has 0 bridgehead atoms. The summed E-state index contributed by atoms with van der Waals surface area (Å²) in [6, 6.07) is 4.98. The van der Waals surface area contributed by atoms with Gasteiger partial charge in [0.15, 0.2) is 0 Å². The van der Waals surface area contributed by atoms with Crippen molar-refractivity contribution in [2.75, 3.05) is 6.54 Å². The fourth-order valence-corrected chi connectivity index (χ4v) is 4.00. The van der Waals surface area contributed by atoms with Gasteiger partial charge in [-0.1, -0.05) is 29.8 Å². The molecule has 0 aliphatic heterocycles. The summed E-state index contributed by atoms with van der Waals surface area (Å²) in [5, 5.41) is 0. The van der Waals surface area contributed by atoms with Crippen molar-refractivity contribution in [1.82, 2.24) is 4.72 Å². The SMILES string of the molecule is CC(C)CNS(=O)(=O)c1ccc(Br)cc1Br. The summed E-state index contributed by atoms with van der Waals surface area (Å²) < 4.78 is 27.8. The van der Waals surface area contributed by atoms with Crippen LogP contribution < -0.4 is 4.72 Å². The van der Waals surface area contributed by atoms with Crippen LogP contribution in [0.5, 0.6) is 0 Å². The standard InChI is InChI=1S/C10H13Br2NO2S/c1-7(2)6-13-16(14,15)10-4-3-8(11)5-9(10)12/h3-5,7,13H,6H2,1-2H3. The topological polar surface area (TPSA) is 46.2 Å². The van der Waals surface area contributed by atoms with E-state index in [0.29, 0.717) is 11.0 Å². The summed E-state index contributed by atoms with van der Waals surface area (Å²) in [6.07, 6.45) is 0. The van der Waals surface area contributed by atoms with E-state index in [4.69, 9.17) is 0 Å². The molecule has 1 aromatic carbocycles. The number of benzene rings is 1. The largest absolute Gasteiger partial charge is 0.241 e. The highest BCUT2D eigenvalue weighted by Crippen LogP contribution is 2.25. The van der Waals surface area contributed by atoms with Gasteiger partial charge in [0.2, 0.25) is 10.0 Å². The molecule has 3 nitrogen and oxygen atoms in total. The Balaban J connectivity index is 2.99. The molecule has 0 saturated heterocycles. The maximum absolute atomic E-state index is 11.9. The van der Waals surface area contributed by atoms with Crippen molar-refractivity contribution in [3.63, 3.8) is 0 Å². The lowest BCUT2D eigenvalue weighted by Crippen LogP contribution is -2.27. The second-order valence-corrected chi connectivity index (χ2v) is 7.33. The zero-order chi connectivity index (χ0) is 12.3. The van der Waals surface area contributed by atoms with E-state index in [-0.39, 0.29) is 10.8 Å². The van der Waals surface area contributed by atoms with Gasteiger partial charge in [-0.2, -0.15) is 0 Å².